The van der Waals surface area contributed by atoms with Crippen molar-refractivity contribution >= 4 is 17.3 Å². The van der Waals surface area contributed by atoms with Crippen molar-refractivity contribution in [2.24, 2.45) is 0 Å². The number of rotatable bonds is 4. The highest BCUT2D eigenvalue weighted by Gasteiger charge is 2.15. The Morgan fingerprint density at radius 3 is 2.71 bits per heavy atom. The minimum absolute atomic E-state index is 0.156. The molecule has 21 heavy (non-hydrogen) atoms. The lowest BCUT2D eigenvalue weighted by atomic mass is 10.1. The van der Waals surface area contributed by atoms with Gasteiger partial charge in [0, 0.05) is 17.3 Å². The minimum Gasteiger partial charge on any atom is -0.392 e. The van der Waals surface area contributed by atoms with Crippen molar-refractivity contribution in [2.45, 2.75) is 6.61 Å². The van der Waals surface area contributed by atoms with Crippen LogP contribution in [0.15, 0.2) is 42.5 Å². The highest BCUT2D eigenvalue weighted by atomic mass is 19.1. The average molecular weight is 290 g/mol. The lowest BCUT2D eigenvalue weighted by molar-refractivity contribution is -0.385. The molecule has 0 fully saturated rings. The molecule has 0 atom stereocenters. The Bertz CT molecular complexity index is 703. The number of carbonyl (C=O) groups is 1. The molecular formula is C14H11FN2O4. The van der Waals surface area contributed by atoms with Gasteiger partial charge in [-0.05, 0) is 23.8 Å². The Morgan fingerprint density at radius 2 is 2.05 bits per heavy atom. The first-order valence-electron chi connectivity index (χ1n) is 5.96. The molecule has 2 rings (SSSR count). The number of benzene rings is 2. The third-order valence-corrected chi connectivity index (χ3v) is 2.72. The number of aliphatic hydroxyl groups is 1. The third-order valence-electron chi connectivity index (χ3n) is 2.72. The zero-order valence-corrected chi connectivity index (χ0v) is 10.7. The van der Waals surface area contributed by atoms with Gasteiger partial charge in [0.05, 0.1) is 17.6 Å². The van der Waals surface area contributed by atoms with Gasteiger partial charge in [0.25, 0.3) is 11.6 Å². The molecule has 0 saturated heterocycles. The standard InChI is InChI=1S/C14H11FN2O4/c15-11-5-10(6-13(7-11)17(20)21)14(19)16-12-3-1-2-9(4-12)8-18/h1-7,18H,8H2,(H,16,19). The summed E-state index contributed by atoms with van der Waals surface area (Å²) in [6.07, 6.45) is 0. The van der Waals surface area contributed by atoms with Crippen molar-refractivity contribution in [2.75, 3.05) is 5.32 Å². The fourth-order valence-corrected chi connectivity index (χ4v) is 1.76. The van der Waals surface area contributed by atoms with Gasteiger partial charge in [-0.2, -0.15) is 0 Å². The predicted octanol–water partition coefficient (Wildman–Crippen LogP) is 2.48. The molecule has 0 heterocycles. The SMILES string of the molecule is O=C(Nc1cccc(CO)c1)c1cc(F)cc([N+](=O)[O-])c1. The number of amides is 1. The molecule has 0 unspecified atom stereocenters. The van der Waals surface area contributed by atoms with Gasteiger partial charge in [0.1, 0.15) is 5.82 Å². The molecule has 0 aliphatic carbocycles. The van der Waals surface area contributed by atoms with Gasteiger partial charge in [0.15, 0.2) is 0 Å². The number of nitrogens with zero attached hydrogens (tertiary/aromatic N) is 1. The van der Waals surface area contributed by atoms with Gasteiger partial charge in [-0.15, -0.1) is 0 Å². The summed E-state index contributed by atoms with van der Waals surface area (Å²) in [5.41, 5.74) is 0.344. The fourth-order valence-electron chi connectivity index (χ4n) is 1.76. The van der Waals surface area contributed by atoms with Crippen LogP contribution in [0.2, 0.25) is 0 Å². The second-order valence-corrected chi connectivity index (χ2v) is 4.27. The van der Waals surface area contributed by atoms with Crippen LogP contribution in [0.3, 0.4) is 0 Å². The van der Waals surface area contributed by atoms with E-state index in [9.17, 15) is 19.3 Å². The van der Waals surface area contributed by atoms with Crippen LogP contribution in [0.5, 0.6) is 0 Å². The molecular weight excluding hydrogens is 279 g/mol. The van der Waals surface area contributed by atoms with E-state index in [0.29, 0.717) is 11.3 Å². The molecule has 0 aromatic heterocycles. The van der Waals surface area contributed by atoms with Crippen molar-refractivity contribution in [3.63, 3.8) is 0 Å². The van der Waals surface area contributed by atoms with Crippen LogP contribution >= 0.6 is 0 Å². The first-order chi connectivity index (χ1) is 9.99. The van der Waals surface area contributed by atoms with Crippen molar-refractivity contribution < 1.29 is 19.2 Å². The summed E-state index contributed by atoms with van der Waals surface area (Å²) in [5.74, 6) is -1.54. The van der Waals surface area contributed by atoms with Gasteiger partial charge in [0.2, 0.25) is 0 Å². The summed E-state index contributed by atoms with van der Waals surface area (Å²) in [5, 5.41) is 22.1. The summed E-state index contributed by atoms with van der Waals surface area (Å²) in [7, 11) is 0. The van der Waals surface area contributed by atoms with E-state index in [0.717, 1.165) is 18.2 Å². The Hall–Kier alpha value is -2.80. The molecule has 2 aromatic carbocycles. The van der Waals surface area contributed by atoms with E-state index in [1.807, 2.05) is 0 Å². The van der Waals surface area contributed by atoms with Crippen molar-refractivity contribution in [1.82, 2.24) is 0 Å². The number of carbonyl (C=O) groups excluding carboxylic acids is 1. The maximum atomic E-state index is 13.3. The third kappa shape index (κ3) is 3.61. The number of hydrogen-bond donors (Lipinski definition) is 2. The zero-order valence-electron chi connectivity index (χ0n) is 10.7. The Morgan fingerprint density at radius 1 is 1.29 bits per heavy atom. The van der Waals surface area contributed by atoms with E-state index in [1.165, 1.54) is 0 Å². The van der Waals surface area contributed by atoms with E-state index in [4.69, 9.17) is 5.11 Å². The number of nitro benzene ring substituents is 1. The van der Waals surface area contributed by atoms with Crippen LogP contribution < -0.4 is 5.32 Å². The molecule has 0 radical (unpaired) electrons. The van der Waals surface area contributed by atoms with Gasteiger partial charge in [-0.25, -0.2) is 4.39 Å². The van der Waals surface area contributed by atoms with Gasteiger partial charge in [-0.1, -0.05) is 12.1 Å². The number of hydrogen-bond acceptors (Lipinski definition) is 4. The summed E-state index contributed by atoms with van der Waals surface area (Å²) >= 11 is 0. The lowest BCUT2D eigenvalue weighted by Crippen LogP contribution is -2.12. The minimum atomic E-state index is -0.863. The molecule has 2 aromatic rings. The summed E-state index contributed by atoms with van der Waals surface area (Å²) in [6.45, 7) is -0.185. The lowest BCUT2D eigenvalue weighted by Gasteiger charge is -2.06. The number of halogens is 1. The average Bonchev–Trinajstić information content (AvgIpc) is 2.46. The smallest absolute Gasteiger partial charge is 0.273 e. The Balaban J connectivity index is 2.25. The first kappa shape index (κ1) is 14.6. The van der Waals surface area contributed by atoms with Crippen LogP contribution in [-0.2, 0) is 6.61 Å². The number of non-ortho nitro benzene ring substituents is 1. The second-order valence-electron chi connectivity index (χ2n) is 4.27. The van der Waals surface area contributed by atoms with Crippen molar-refractivity contribution in [3.05, 3.63) is 69.5 Å². The highest BCUT2D eigenvalue weighted by molar-refractivity contribution is 6.04. The number of nitrogens with one attached hydrogen (secondary N) is 1. The maximum absolute atomic E-state index is 13.3. The molecule has 2 N–H and O–H groups in total. The van der Waals surface area contributed by atoms with Gasteiger partial charge in [-0.3, -0.25) is 14.9 Å². The molecule has 0 aliphatic heterocycles. The van der Waals surface area contributed by atoms with Crippen LogP contribution in [0.1, 0.15) is 15.9 Å². The normalized spacial score (nSPS) is 10.2. The molecule has 1 amide bonds. The van der Waals surface area contributed by atoms with E-state index in [-0.39, 0.29) is 12.2 Å². The zero-order chi connectivity index (χ0) is 15.4. The quantitative estimate of drug-likeness (QED) is 0.668. The second kappa shape index (κ2) is 6.10. The van der Waals surface area contributed by atoms with Crippen molar-refractivity contribution in [1.29, 1.82) is 0 Å². The van der Waals surface area contributed by atoms with E-state index >= 15 is 0 Å². The largest absolute Gasteiger partial charge is 0.392 e. The van der Waals surface area contributed by atoms with Crippen LogP contribution in [0.4, 0.5) is 15.8 Å². The monoisotopic (exact) mass is 290 g/mol. The first-order valence-corrected chi connectivity index (χ1v) is 5.96. The molecule has 108 valence electrons. The van der Waals surface area contributed by atoms with E-state index in [2.05, 4.69) is 5.32 Å². The van der Waals surface area contributed by atoms with Crippen LogP contribution in [-0.4, -0.2) is 15.9 Å². The fraction of sp³-hybridized carbons (Fsp3) is 0.0714. The molecule has 0 aliphatic rings. The Labute approximate surface area is 119 Å². The van der Waals surface area contributed by atoms with Crippen LogP contribution in [0.25, 0.3) is 0 Å². The van der Waals surface area contributed by atoms with Gasteiger partial charge >= 0.3 is 0 Å². The number of nitro groups is 1. The summed E-state index contributed by atoms with van der Waals surface area (Å²) < 4.78 is 13.3. The predicted molar refractivity (Wildman–Crippen MR) is 73.4 cm³/mol. The van der Waals surface area contributed by atoms with Gasteiger partial charge < -0.3 is 10.4 Å². The summed E-state index contributed by atoms with van der Waals surface area (Å²) in [4.78, 5) is 21.9. The highest BCUT2D eigenvalue weighted by Crippen LogP contribution is 2.18. The van der Waals surface area contributed by atoms with Crippen LogP contribution in [0, 0.1) is 15.9 Å². The molecule has 6 nitrogen and oxygen atoms in total. The number of anilines is 1. The molecule has 0 spiro atoms. The maximum Gasteiger partial charge on any atom is 0.273 e. The molecule has 7 heteroatoms. The summed E-state index contributed by atoms with van der Waals surface area (Å²) in [6, 6.07) is 9.09. The molecule has 0 saturated carbocycles. The van der Waals surface area contributed by atoms with E-state index < -0.39 is 22.3 Å². The Kier molecular flexibility index (Phi) is 4.24. The molecule has 0 bridgehead atoms. The van der Waals surface area contributed by atoms with E-state index in [1.54, 1.807) is 24.3 Å². The van der Waals surface area contributed by atoms with Crippen molar-refractivity contribution in [3.8, 4) is 0 Å². The number of aliphatic hydroxyl groups excluding tert-OH is 1. The topological polar surface area (TPSA) is 92.5 Å².